The lowest BCUT2D eigenvalue weighted by atomic mass is 10.2. The standard InChI is InChI=1S/C13H12N2O3S/c1-9-4-2-3-5-13(9)19-8-12(16)11-6-10(7-14-11)15(17)18/h2-7,14H,8H2,1H3. The van der Waals surface area contributed by atoms with Crippen LogP contribution in [0.4, 0.5) is 5.69 Å². The van der Waals surface area contributed by atoms with Gasteiger partial charge in [-0.2, -0.15) is 0 Å². The lowest BCUT2D eigenvalue weighted by Crippen LogP contribution is -2.02. The first kappa shape index (κ1) is 13.4. The van der Waals surface area contributed by atoms with Gasteiger partial charge in [0.05, 0.1) is 22.6 Å². The van der Waals surface area contributed by atoms with Crippen LogP contribution in [0, 0.1) is 17.0 Å². The molecule has 0 saturated carbocycles. The number of H-pyrrole nitrogens is 1. The van der Waals surface area contributed by atoms with Crippen LogP contribution in [0.15, 0.2) is 41.4 Å². The van der Waals surface area contributed by atoms with Gasteiger partial charge in [-0.15, -0.1) is 11.8 Å². The summed E-state index contributed by atoms with van der Waals surface area (Å²) in [6.07, 6.45) is 1.23. The molecule has 0 bridgehead atoms. The molecule has 0 saturated heterocycles. The lowest BCUT2D eigenvalue weighted by molar-refractivity contribution is -0.384. The number of nitro groups is 1. The molecule has 0 unspecified atom stereocenters. The number of ketones is 1. The number of nitrogens with zero attached hydrogens (tertiary/aromatic N) is 1. The third kappa shape index (κ3) is 3.23. The van der Waals surface area contributed by atoms with Crippen LogP contribution in [0.2, 0.25) is 0 Å². The quantitative estimate of drug-likeness (QED) is 0.394. The monoisotopic (exact) mass is 276 g/mol. The van der Waals surface area contributed by atoms with Crippen LogP contribution in [0.5, 0.6) is 0 Å². The largest absolute Gasteiger partial charge is 0.353 e. The van der Waals surface area contributed by atoms with E-state index in [0.717, 1.165) is 10.5 Å². The maximum atomic E-state index is 11.9. The molecule has 1 N–H and O–H groups in total. The second-order valence-electron chi connectivity index (χ2n) is 4.01. The molecule has 0 aliphatic carbocycles. The van der Waals surface area contributed by atoms with Gasteiger partial charge < -0.3 is 4.98 Å². The highest BCUT2D eigenvalue weighted by molar-refractivity contribution is 8.00. The average Bonchev–Trinajstić information content (AvgIpc) is 2.87. The Hall–Kier alpha value is -2.08. The molecule has 5 nitrogen and oxygen atoms in total. The van der Waals surface area contributed by atoms with Crippen molar-refractivity contribution < 1.29 is 9.72 Å². The van der Waals surface area contributed by atoms with Crippen LogP contribution in [0.3, 0.4) is 0 Å². The minimum Gasteiger partial charge on any atom is -0.353 e. The van der Waals surface area contributed by atoms with Crippen LogP contribution in [-0.4, -0.2) is 21.4 Å². The Labute approximate surface area is 114 Å². The van der Waals surface area contributed by atoms with Gasteiger partial charge >= 0.3 is 0 Å². The van der Waals surface area contributed by atoms with E-state index in [0.29, 0.717) is 0 Å². The Morgan fingerprint density at radius 2 is 2.16 bits per heavy atom. The summed E-state index contributed by atoms with van der Waals surface area (Å²) in [6, 6.07) is 9.05. The van der Waals surface area contributed by atoms with E-state index in [1.54, 1.807) is 0 Å². The minimum absolute atomic E-state index is 0.0933. The number of hydrogen-bond acceptors (Lipinski definition) is 4. The maximum Gasteiger partial charge on any atom is 0.287 e. The molecule has 6 heteroatoms. The number of hydrogen-bond donors (Lipinski definition) is 1. The average molecular weight is 276 g/mol. The molecule has 2 aromatic rings. The number of carbonyl (C=O) groups is 1. The summed E-state index contributed by atoms with van der Waals surface area (Å²) in [6.45, 7) is 1.98. The number of aryl methyl sites for hydroxylation is 1. The summed E-state index contributed by atoms with van der Waals surface area (Å²) in [4.78, 5) is 25.6. The Morgan fingerprint density at radius 3 is 2.79 bits per heavy atom. The highest BCUT2D eigenvalue weighted by atomic mass is 32.2. The summed E-state index contributed by atoms with van der Waals surface area (Å²) in [7, 11) is 0. The molecular formula is C13H12N2O3S. The van der Waals surface area contributed by atoms with Gasteiger partial charge in [-0.3, -0.25) is 14.9 Å². The number of Topliss-reactive ketones (excluding diaryl/α,β-unsaturated/α-hetero) is 1. The number of nitrogens with one attached hydrogen (secondary N) is 1. The fourth-order valence-corrected chi connectivity index (χ4v) is 2.50. The van der Waals surface area contributed by atoms with Gasteiger partial charge in [-0.25, -0.2) is 0 Å². The van der Waals surface area contributed by atoms with Gasteiger partial charge in [0.2, 0.25) is 0 Å². The van der Waals surface area contributed by atoms with Gasteiger partial charge in [0.1, 0.15) is 0 Å². The minimum atomic E-state index is -0.526. The third-order valence-electron chi connectivity index (χ3n) is 2.63. The maximum absolute atomic E-state index is 11.9. The molecule has 0 fully saturated rings. The highest BCUT2D eigenvalue weighted by Crippen LogP contribution is 2.23. The first-order valence-electron chi connectivity index (χ1n) is 5.62. The zero-order valence-corrected chi connectivity index (χ0v) is 11.1. The van der Waals surface area contributed by atoms with Crippen molar-refractivity contribution in [1.29, 1.82) is 0 Å². The Bertz CT molecular complexity index is 622. The molecule has 0 aliphatic heterocycles. The molecule has 0 aliphatic rings. The molecule has 1 aromatic heterocycles. The number of thioether (sulfide) groups is 1. The number of rotatable bonds is 5. The normalized spacial score (nSPS) is 10.4. The smallest absolute Gasteiger partial charge is 0.287 e. The lowest BCUT2D eigenvalue weighted by Gasteiger charge is -2.03. The fraction of sp³-hybridized carbons (Fsp3) is 0.154. The van der Waals surface area contributed by atoms with Gasteiger partial charge in [0, 0.05) is 11.0 Å². The van der Waals surface area contributed by atoms with Crippen molar-refractivity contribution in [1.82, 2.24) is 4.98 Å². The first-order valence-corrected chi connectivity index (χ1v) is 6.61. The zero-order valence-electron chi connectivity index (χ0n) is 10.3. The van der Waals surface area contributed by atoms with Crippen molar-refractivity contribution in [2.75, 3.05) is 5.75 Å². The van der Waals surface area contributed by atoms with Crippen LogP contribution in [-0.2, 0) is 0 Å². The predicted molar refractivity (Wildman–Crippen MR) is 73.7 cm³/mol. The molecule has 0 atom stereocenters. The van der Waals surface area contributed by atoms with E-state index < -0.39 is 4.92 Å². The number of aromatic amines is 1. The molecule has 0 spiro atoms. The van der Waals surface area contributed by atoms with Crippen molar-refractivity contribution in [3.63, 3.8) is 0 Å². The van der Waals surface area contributed by atoms with Gasteiger partial charge in [-0.1, -0.05) is 18.2 Å². The second kappa shape index (κ2) is 5.71. The molecule has 1 aromatic carbocycles. The van der Waals surface area contributed by atoms with Crippen molar-refractivity contribution in [2.45, 2.75) is 11.8 Å². The summed E-state index contributed by atoms with van der Waals surface area (Å²) in [5.74, 6) is 0.101. The molecular weight excluding hydrogens is 264 g/mol. The third-order valence-corrected chi connectivity index (χ3v) is 3.81. The van der Waals surface area contributed by atoms with E-state index in [1.165, 1.54) is 24.0 Å². The van der Waals surface area contributed by atoms with E-state index in [4.69, 9.17) is 0 Å². The Morgan fingerprint density at radius 1 is 1.42 bits per heavy atom. The Balaban J connectivity index is 2.01. The molecule has 1 heterocycles. The topological polar surface area (TPSA) is 76.0 Å². The van der Waals surface area contributed by atoms with E-state index in [2.05, 4.69) is 4.98 Å². The predicted octanol–water partition coefficient (Wildman–Crippen LogP) is 3.21. The van der Waals surface area contributed by atoms with Gasteiger partial charge in [0.25, 0.3) is 5.69 Å². The van der Waals surface area contributed by atoms with Crippen LogP contribution < -0.4 is 0 Å². The molecule has 19 heavy (non-hydrogen) atoms. The van der Waals surface area contributed by atoms with Crippen molar-refractivity contribution in [3.05, 3.63) is 57.9 Å². The van der Waals surface area contributed by atoms with Crippen molar-refractivity contribution in [2.24, 2.45) is 0 Å². The summed E-state index contributed by atoms with van der Waals surface area (Å²) in [5.41, 5.74) is 1.29. The molecule has 0 amide bonds. The van der Waals surface area contributed by atoms with Crippen molar-refractivity contribution in [3.8, 4) is 0 Å². The number of carbonyl (C=O) groups excluding carboxylic acids is 1. The Kier molecular flexibility index (Phi) is 4.01. The van der Waals surface area contributed by atoms with Gasteiger partial charge in [0.15, 0.2) is 5.78 Å². The second-order valence-corrected chi connectivity index (χ2v) is 5.02. The summed E-state index contributed by atoms with van der Waals surface area (Å²) >= 11 is 1.43. The number of aromatic nitrogens is 1. The highest BCUT2D eigenvalue weighted by Gasteiger charge is 2.14. The SMILES string of the molecule is Cc1ccccc1SCC(=O)c1cc([N+](=O)[O-])c[nH]1. The van der Waals surface area contributed by atoms with E-state index in [-0.39, 0.29) is 22.9 Å². The summed E-state index contributed by atoms with van der Waals surface area (Å²) in [5, 5.41) is 10.5. The van der Waals surface area contributed by atoms with Crippen LogP contribution in [0.25, 0.3) is 0 Å². The van der Waals surface area contributed by atoms with E-state index >= 15 is 0 Å². The first-order chi connectivity index (χ1) is 9.08. The van der Waals surface area contributed by atoms with Gasteiger partial charge in [-0.05, 0) is 18.6 Å². The van der Waals surface area contributed by atoms with Crippen LogP contribution in [0.1, 0.15) is 16.1 Å². The molecule has 2 rings (SSSR count). The molecule has 0 radical (unpaired) electrons. The molecule has 98 valence electrons. The summed E-state index contributed by atoms with van der Waals surface area (Å²) < 4.78 is 0. The fourth-order valence-electron chi connectivity index (χ4n) is 1.59. The van der Waals surface area contributed by atoms with Crippen molar-refractivity contribution >= 4 is 23.2 Å². The van der Waals surface area contributed by atoms with Crippen LogP contribution >= 0.6 is 11.8 Å². The van der Waals surface area contributed by atoms with E-state index in [1.807, 2.05) is 31.2 Å². The zero-order chi connectivity index (χ0) is 13.8. The number of benzene rings is 1. The van der Waals surface area contributed by atoms with E-state index in [9.17, 15) is 14.9 Å².